The van der Waals surface area contributed by atoms with Crippen LogP contribution in [0.15, 0.2) is 107 Å². The number of rotatable bonds is 20. The number of methoxy groups -OCH3 is 2. The Morgan fingerprint density at radius 2 is 1.22 bits per heavy atom. The van der Waals surface area contributed by atoms with E-state index in [4.69, 9.17) is 37.9 Å². The van der Waals surface area contributed by atoms with Gasteiger partial charge in [-0.1, -0.05) is 91.0 Å². The molecule has 1 fully saturated rings. The molecule has 0 N–H and O–H groups in total. The highest BCUT2D eigenvalue weighted by atomic mass is 16.7. The van der Waals surface area contributed by atoms with Gasteiger partial charge in [0, 0.05) is 32.4 Å². The lowest BCUT2D eigenvalue weighted by atomic mass is 9.83. The van der Waals surface area contributed by atoms with Gasteiger partial charge < -0.3 is 37.9 Å². The van der Waals surface area contributed by atoms with Gasteiger partial charge in [-0.3, -0.25) is 9.36 Å². The molecule has 0 aliphatic carbocycles. The van der Waals surface area contributed by atoms with E-state index < -0.39 is 28.7 Å². The van der Waals surface area contributed by atoms with Crippen LogP contribution in [0, 0.1) is 6.92 Å². The molecule has 0 unspecified atom stereocenters. The Morgan fingerprint density at radius 1 is 0.700 bits per heavy atom. The van der Waals surface area contributed by atoms with Crippen LogP contribution in [0.5, 0.6) is 0 Å². The third kappa shape index (κ3) is 9.22. The first-order chi connectivity index (χ1) is 24.4. The molecule has 5 rings (SSSR count). The number of nitrogens with zero attached hydrogens (tertiary/aromatic N) is 2. The van der Waals surface area contributed by atoms with Crippen molar-refractivity contribution in [3.05, 3.63) is 140 Å². The zero-order valence-electron chi connectivity index (χ0n) is 28.9. The molecule has 3 atom stereocenters. The molecule has 4 aromatic rings. The minimum absolute atomic E-state index is 0.0102. The number of benzene rings is 3. The van der Waals surface area contributed by atoms with Gasteiger partial charge in [-0.15, -0.1) is 0 Å². The van der Waals surface area contributed by atoms with Crippen LogP contribution in [-0.2, 0) is 64.4 Å². The summed E-state index contributed by atoms with van der Waals surface area (Å²) in [6.45, 7) is 2.11. The first-order valence-electron chi connectivity index (χ1n) is 16.5. The molecular weight excluding hydrogens is 644 g/mol. The maximum atomic E-state index is 14.1. The zero-order chi connectivity index (χ0) is 35.2. The van der Waals surface area contributed by atoms with Crippen molar-refractivity contribution in [2.45, 2.75) is 57.3 Å². The highest BCUT2D eigenvalue weighted by Crippen LogP contribution is 2.48. The van der Waals surface area contributed by atoms with Gasteiger partial charge in [-0.2, -0.15) is 0 Å². The first kappa shape index (κ1) is 37.3. The second-order valence-electron chi connectivity index (χ2n) is 12.2. The molecule has 1 aliphatic heterocycles. The molecular formula is C38H46N2O10. The van der Waals surface area contributed by atoms with Crippen molar-refractivity contribution in [2.24, 2.45) is 0 Å². The number of hydrogen-bond donors (Lipinski definition) is 0. The van der Waals surface area contributed by atoms with Crippen molar-refractivity contribution >= 4 is 0 Å². The molecule has 2 heterocycles. The Morgan fingerprint density at radius 3 is 1.80 bits per heavy atom. The molecule has 0 saturated carbocycles. The van der Waals surface area contributed by atoms with E-state index in [9.17, 15) is 9.59 Å². The lowest BCUT2D eigenvalue weighted by Gasteiger charge is -2.43. The summed E-state index contributed by atoms with van der Waals surface area (Å²) in [5.41, 5.74) is -0.426. The van der Waals surface area contributed by atoms with E-state index >= 15 is 0 Å². The van der Waals surface area contributed by atoms with Crippen LogP contribution in [0.3, 0.4) is 0 Å². The van der Waals surface area contributed by atoms with Crippen LogP contribution in [0.4, 0.5) is 0 Å². The summed E-state index contributed by atoms with van der Waals surface area (Å²) in [6, 6.07) is 29.0. The second kappa shape index (κ2) is 18.3. The van der Waals surface area contributed by atoms with Gasteiger partial charge in [0.15, 0.2) is 0 Å². The second-order valence-corrected chi connectivity index (χ2v) is 12.2. The van der Waals surface area contributed by atoms with Gasteiger partial charge >= 0.3 is 5.69 Å². The van der Waals surface area contributed by atoms with E-state index in [-0.39, 0.29) is 66.4 Å². The average molecular weight is 691 g/mol. The standard InChI is InChI=1S/C38H46N2O10/c1-30-20-39(36(42)40(35(30)41)27-46-22-32-15-9-5-10-16-32)34-19-37(24-47-28-43-2,49-23-33-17-11-6-12-18-33)38(50-34,26-48-29-44-3)25-45-21-31-13-7-4-8-14-31/h4-18,20,34H,19,21-29H2,1-3H3/t34-,37-,38+/m1/s1. The predicted octanol–water partition coefficient (Wildman–Crippen LogP) is 4.56. The van der Waals surface area contributed by atoms with Gasteiger partial charge in [0.1, 0.15) is 37.7 Å². The Bertz CT molecular complexity index is 1720. The summed E-state index contributed by atoms with van der Waals surface area (Å²) in [6.07, 6.45) is 0.755. The minimum Gasteiger partial charge on any atom is -0.374 e. The summed E-state index contributed by atoms with van der Waals surface area (Å²) >= 11 is 0. The van der Waals surface area contributed by atoms with Crippen molar-refractivity contribution in [1.82, 2.24) is 9.13 Å². The first-order valence-corrected chi connectivity index (χ1v) is 16.5. The third-order valence-corrected chi connectivity index (χ3v) is 8.58. The summed E-state index contributed by atoms with van der Waals surface area (Å²) in [7, 11) is 3.07. The summed E-state index contributed by atoms with van der Waals surface area (Å²) in [4.78, 5) is 27.3. The molecule has 0 radical (unpaired) electrons. The van der Waals surface area contributed by atoms with Crippen molar-refractivity contribution in [2.75, 3.05) is 47.6 Å². The highest BCUT2D eigenvalue weighted by Gasteiger charge is 2.62. The van der Waals surface area contributed by atoms with Crippen LogP contribution in [0.2, 0.25) is 0 Å². The maximum Gasteiger partial charge on any atom is 0.335 e. The van der Waals surface area contributed by atoms with Gasteiger partial charge in [-0.25, -0.2) is 9.36 Å². The SMILES string of the molecule is COCOC[C@]1(OCc2ccccc2)C[C@H](n2cc(C)c(=O)n(COCc3ccccc3)c2=O)O[C@]1(COCOC)COCc1ccccc1. The molecule has 12 heteroatoms. The number of ether oxygens (including phenoxy) is 8. The lowest BCUT2D eigenvalue weighted by Crippen LogP contribution is -2.61. The van der Waals surface area contributed by atoms with Crippen LogP contribution in [0.1, 0.15) is 34.9 Å². The third-order valence-electron chi connectivity index (χ3n) is 8.58. The Hall–Kier alpha value is -3.98. The van der Waals surface area contributed by atoms with Crippen molar-refractivity contribution in [3.8, 4) is 0 Å². The van der Waals surface area contributed by atoms with Crippen LogP contribution in [0.25, 0.3) is 0 Å². The van der Waals surface area contributed by atoms with Crippen LogP contribution in [-0.4, -0.2) is 68.0 Å². The Kier molecular flexibility index (Phi) is 13.7. The van der Waals surface area contributed by atoms with E-state index in [1.807, 2.05) is 91.0 Å². The fourth-order valence-corrected chi connectivity index (χ4v) is 6.02. The van der Waals surface area contributed by atoms with Gasteiger partial charge in [0.25, 0.3) is 5.56 Å². The largest absolute Gasteiger partial charge is 0.374 e. The van der Waals surface area contributed by atoms with Gasteiger partial charge in [0.05, 0.1) is 39.6 Å². The van der Waals surface area contributed by atoms with E-state index in [2.05, 4.69) is 0 Å². The highest BCUT2D eigenvalue weighted by molar-refractivity contribution is 5.17. The van der Waals surface area contributed by atoms with Crippen LogP contribution < -0.4 is 11.2 Å². The molecule has 1 aliphatic rings. The molecule has 1 aromatic heterocycles. The monoisotopic (exact) mass is 690 g/mol. The average Bonchev–Trinajstić information content (AvgIpc) is 3.45. The summed E-state index contributed by atoms with van der Waals surface area (Å²) < 4.78 is 51.0. The fraction of sp³-hybridized carbons (Fsp3) is 0.421. The van der Waals surface area contributed by atoms with E-state index in [0.29, 0.717) is 5.56 Å². The summed E-state index contributed by atoms with van der Waals surface area (Å²) in [5.74, 6) is 0. The van der Waals surface area contributed by atoms with Gasteiger partial charge in [0.2, 0.25) is 0 Å². The molecule has 268 valence electrons. The van der Waals surface area contributed by atoms with E-state index in [1.165, 1.54) is 25.0 Å². The molecule has 50 heavy (non-hydrogen) atoms. The fourth-order valence-electron chi connectivity index (χ4n) is 6.02. The number of aryl methyl sites for hydroxylation is 1. The van der Waals surface area contributed by atoms with E-state index in [1.54, 1.807) is 6.92 Å². The van der Waals surface area contributed by atoms with Crippen molar-refractivity contribution < 1.29 is 37.9 Å². The van der Waals surface area contributed by atoms with E-state index in [0.717, 1.165) is 21.3 Å². The molecule has 0 bridgehead atoms. The predicted molar refractivity (Wildman–Crippen MR) is 184 cm³/mol. The molecule has 1 saturated heterocycles. The normalized spacial score (nSPS) is 20.3. The van der Waals surface area contributed by atoms with Gasteiger partial charge in [-0.05, 0) is 23.6 Å². The quantitative estimate of drug-likeness (QED) is 0.0965. The topological polar surface area (TPSA) is 118 Å². The lowest BCUT2D eigenvalue weighted by molar-refractivity contribution is -0.247. The number of hydrogen-bond acceptors (Lipinski definition) is 10. The molecule has 0 amide bonds. The summed E-state index contributed by atoms with van der Waals surface area (Å²) in [5, 5.41) is 0. The van der Waals surface area contributed by atoms with Crippen LogP contribution >= 0.6 is 0 Å². The van der Waals surface area contributed by atoms with Crippen molar-refractivity contribution in [1.29, 1.82) is 0 Å². The minimum atomic E-state index is -1.31. The van der Waals surface area contributed by atoms with Crippen molar-refractivity contribution in [3.63, 3.8) is 0 Å². The number of aromatic nitrogens is 2. The molecule has 0 spiro atoms. The Balaban J connectivity index is 1.53. The Labute approximate surface area is 292 Å². The molecule has 12 nitrogen and oxygen atoms in total. The smallest absolute Gasteiger partial charge is 0.335 e. The maximum absolute atomic E-state index is 14.1. The zero-order valence-corrected chi connectivity index (χ0v) is 28.9. The molecule has 3 aromatic carbocycles.